The van der Waals surface area contributed by atoms with Gasteiger partial charge in [0.05, 0.1) is 11.2 Å². The van der Waals surface area contributed by atoms with Gasteiger partial charge < -0.3 is 15.2 Å². The van der Waals surface area contributed by atoms with Crippen LogP contribution < -0.4 is 10.6 Å². The van der Waals surface area contributed by atoms with Crippen LogP contribution in [0.5, 0.6) is 0 Å². The van der Waals surface area contributed by atoms with Crippen molar-refractivity contribution in [3.05, 3.63) is 70.1 Å². The second-order valence-corrected chi connectivity index (χ2v) is 9.07. The molecule has 0 radical (unpaired) electrons. The summed E-state index contributed by atoms with van der Waals surface area (Å²) in [5, 5.41) is 7.60. The van der Waals surface area contributed by atoms with Gasteiger partial charge in [0.15, 0.2) is 5.65 Å². The maximum absolute atomic E-state index is 14.2. The third-order valence-corrected chi connectivity index (χ3v) is 6.46. The van der Waals surface area contributed by atoms with Crippen LogP contribution in [0.2, 0.25) is 10.0 Å². The number of rotatable bonds is 6. The smallest absolute Gasteiger partial charge is 0.225 e. The van der Waals surface area contributed by atoms with E-state index in [0.717, 1.165) is 49.5 Å². The third kappa shape index (κ3) is 4.81. The first kappa shape index (κ1) is 22.1. The Labute approximate surface area is 201 Å². The lowest BCUT2D eigenvalue weighted by atomic mass is 9.99. The number of hydrogen-bond donors (Lipinski definition) is 2. The summed E-state index contributed by atoms with van der Waals surface area (Å²) in [6, 6.07) is 12.3. The molecule has 4 aromatic rings. The fraction of sp³-hybridized carbons (Fsp3) is 0.292. The van der Waals surface area contributed by atoms with Crippen LogP contribution in [0, 0.1) is 11.7 Å². The highest BCUT2D eigenvalue weighted by molar-refractivity contribution is 6.33. The maximum atomic E-state index is 14.2. The van der Waals surface area contributed by atoms with Crippen LogP contribution in [0.15, 0.2) is 48.7 Å². The van der Waals surface area contributed by atoms with Crippen molar-refractivity contribution in [1.82, 2.24) is 24.8 Å². The van der Waals surface area contributed by atoms with E-state index >= 15 is 0 Å². The van der Waals surface area contributed by atoms with E-state index in [-0.39, 0.29) is 12.4 Å². The Morgan fingerprint density at radius 2 is 2.03 bits per heavy atom. The molecule has 9 heteroatoms. The maximum Gasteiger partial charge on any atom is 0.225 e. The molecule has 3 heterocycles. The summed E-state index contributed by atoms with van der Waals surface area (Å²) in [7, 11) is 0. The molecule has 1 fully saturated rings. The molecule has 6 nitrogen and oxygen atoms in total. The molecule has 0 bridgehead atoms. The van der Waals surface area contributed by atoms with Crippen molar-refractivity contribution in [2.24, 2.45) is 5.92 Å². The van der Waals surface area contributed by atoms with Gasteiger partial charge in [-0.25, -0.2) is 14.4 Å². The number of anilines is 1. The molecule has 1 aliphatic heterocycles. The highest BCUT2D eigenvalue weighted by Crippen LogP contribution is 2.31. The third-order valence-electron chi connectivity index (χ3n) is 5.89. The van der Waals surface area contributed by atoms with Gasteiger partial charge in [0.25, 0.3) is 0 Å². The molecule has 2 aromatic carbocycles. The van der Waals surface area contributed by atoms with Gasteiger partial charge in [-0.05, 0) is 56.1 Å². The number of benzene rings is 2. The summed E-state index contributed by atoms with van der Waals surface area (Å²) in [4.78, 5) is 14.0. The summed E-state index contributed by atoms with van der Waals surface area (Å²) in [5.41, 5.74) is 2.77. The van der Waals surface area contributed by atoms with Crippen LogP contribution in [0.4, 0.5) is 10.3 Å². The summed E-state index contributed by atoms with van der Waals surface area (Å²) in [5.74, 6) is 1.28. The quantitative estimate of drug-likeness (QED) is 0.375. The van der Waals surface area contributed by atoms with Gasteiger partial charge in [0.2, 0.25) is 5.95 Å². The number of aromatic nitrogens is 4. The average molecular weight is 485 g/mol. The molecule has 2 N–H and O–H groups in total. The Morgan fingerprint density at radius 1 is 1.15 bits per heavy atom. The summed E-state index contributed by atoms with van der Waals surface area (Å²) in [6.07, 6.45) is 3.98. The number of nitrogens with one attached hydrogen (secondary N) is 2. The van der Waals surface area contributed by atoms with Crippen molar-refractivity contribution in [3.63, 3.8) is 0 Å². The van der Waals surface area contributed by atoms with Crippen molar-refractivity contribution >= 4 is 40.3 Å². The van der Waals surface area contributed by atoms with E-state index in [1.165, 1.54) is 6.07 Å². The van der Waals surface area contributed by atoms with Gasteiger partial charge in [-0.15, -0.1) is 0 Å². The lowest BCUT2D eigenvalue weighted by molar-refractivity contribution is 0.341. The lowest BCUT2D eigenvalue weighted by Gasteiger charge is -2.24. The molecule has 0 saturated carbocycles. The average Bonchev–Trinajstić information content (AvgIpc) is 3.17. The predicted octanol–water partition coefficient (Wildman–Crippen LogP) is 5.55. The van der Waals surface area contributed by atoms with Crippen LogP contribution >= 0.6 is 23.2 Å². The largest absolute Gasteiger partial charge is 0.350 e. The molecule has 170 valence electrons. The first-order valence-electron chi connectivity index (χ1n) is 10.9. The van der Waals surface area contributed by atoms with E-state index in [4.69, 9.17) is 33.2 Å². The van der Waals surface area contributed by atoms with E-state index in [2.05, 4.69) is 20.2 Å². The van der Waals surface area contributed by atoms with Gasteiger partial charge in [-0.1, -0.05) is 41.4 Å². The van der Waals surface area contributed by atoms with E-state index in [1.807, 2.05) is 24.3 Å². The minimum atomic E-state index is -0.369. The molecule has 1 atom stereocenters. The fourth-order valence-electron chi connectivity index (χ4n) is 4.20. The van der Waals surface area contributed by atoms with Crippen molar-refractivity contribution in [2.75, 3.05) is 18.4 Å². The van der Waals surface area contributed by atoms with Gasteiger partial charge in [-0.3, -0.25) is 0 Å². The van der Waals surface area contributed by atoms with E-state index in [1.54, 1.807) is 18.3 Å². The molecular formula is C24H23Cl2FN6. The molecular weight excluding hydrogens is 462 g/mol. The van der Waals surface area contributed by atoms with Gasteiger partial charge in [-0.2, -0.15) is 4.98 Å². The first-order valence-corrected chi connectivity index (χ1v) is 11.7. The SMILES string of the molecule is Fc1cc(Cl)ccc1CNc1ncc2nc(-c3ccccc3Cl)n(C[C@@H]3CCCNC3)c2n1. The zero-order valence-corrected chi connectivity index (χ0v) is 19.4. The Kier molecular flexibility index (Phi) is 6.44. The van der Waals surface area contributed by atoms with E-state index in [0.29, 0.717) is 33.0 Å². The minimum absolute atomic E-state index is 0.243. The minimum Gasteiger partial charge on any atom is -0.350 e. The molecule has 0 unspecified atom stereocenters. The van der Waals surface area contributed by atoms with Gasteiger partial charge >= 0.3 is 0 Å². The highest BCUT2D eigenvalue weighted by Gasteiger charge is 2.21. The number of halogens is 3. The molecule has 1 saturated heterocycles. The molecule has 0 amide bonds. The second-order valence-electron chi connectivity index (χ2n) is 8.23. The Hall–Kier alpha value is -2.74. The van der Waals surface area contributed by atoms with Gasteiger partial charge in [0.1, 0.15) is 17.2 Å². The molecule has 0 aliphatic carbocycles. The van der Waals surface area contributed by atoms with Crippen LogP contribution in [0.3, 0.4) is 0 Å². The van der Waals surface area contributed by atoms with Crippen LogP contribution in [0.25, 0.3) is 22.6 Å². The molecule has 33 heavy (non-hydrogen) atoms. The number of hydrogen-bond acceptors (Lipinski definition) is 5. The van der Waals surface area contributed by atoms with Crippen molar-refractivity contribution in [2.45, 2.75) is 25.9 Å². The second kappa shape index (κ2) is 9.63. The molecule has 0 spiro atoms. The van der Waals surface area contributed by atoms with Gasteiger partial charge in [0, 0.05) is 29.2 Å². The van der Waals surface area contributed by atoms with Crippen molar-refractivity contribution in [1.29, 1.82) is 0 Å². The highest BCUT2D eigenvalue weighted by atomic mass is 35.5. The lowest BCUT2D eigenvalue weighted by Crippen LogP contribution is -2.32. The van der Waals surface area contributed by atoms with Crippen molar-refractivity contribution in [3.8, 4) is 11.4 Å². The number of imidazole rings is 1. The normalized spacial score (nSPS) is 16.3. The molecule has 2 aromatic heterocycles. The molecule has 5 rings (SSSR count). The molecule has 1 aliphatic rings. The predicted molar refractivity (Wildman–Crippen MR) is 130 cm³/mol. The van der Waals surface area contributed by atoms with Crippen LogP contribution in [-0.2, 0) is 13.1 Å². The van der Waals surface area contributed by atoms with Crippen molar-refractivity contribution < 1.29 is 4.39 Å². The fourth-order valence-corrected chi connectivity index (χ4v) is 4.58. The van der Waals surface area contributed by atoms with E-state index < -0.39 is 0 Å². The van der Waals surface area contributed by atoms with Crippen LogP contribution in [0.1, 0.15) is 18.4 Å². The Bertz CT molecular complexity index is 1290. The first-order chi connectivity index (χ1) is 16.1. The summed E-state index contributed by atoms with van der Waals surface area (Å²) >= 11 is 12.4. The summed E-state index contributed by atoms with van der Waals surface area (Å²) < 4.78 is 16.3. The standard InChI is InChI=1S/C24H23Cl2FN6/c25-17-8-7-16(20(27)10-17)12-29-24-30-13-21-23(32-24)33(14-15-4-3-9-28-11-15)22(31-21)18-5-1-2-6-19(18)26/h1-2,5-8,10,13,15,28H,3-4,9,11-12,14H2,(H,29,30,32)/t15-/m1/s1. The number of piperidine rings is 1. The Morgan fingerprint density at radius 3 is 2.82 bits per heavy atom. The zero-order chi connectivity index (χ0) is 22.8. The monoisotopic (exact) mass is 484 g/mol. The number of fused-ring (bicyclic) bond motifs is 1. The van der Waals surface area contributed by atoms with E-state index in [9.17, 15) is 4.39 Å². The van der Waals surface area contributed by atoms with Crippen LogP contribution in [-0.4, -0.2) is 32.6 Å². The summed E-state index contributed by atoms with van der Waals surface area (Å²) in [6.45, 7) is 3.02. The number of nitrogens with zero attached hydrogens (tertiary/aromatic N) is 4. The zero-order valence-electron chi connectivity index (χ0n) is 17.9. The topological polar surface area (TPSA) is 67.7 Å². The Balaban J connectivity index is 1.50.